The Hall–Kier alpha value is -1.67. The second-order valence-electron chi connectivity index (χ2n) is 4.88. The van der Waals surface area contributed by atoms with Crippen LogP contribution in [0.25, 0.3) is 0 Å². The van der Waals surface area contributed by atoms with Crippen LogP contribution in [0, 0.1) is 0 Å². The van der Waals surface area contributed by atoms with E-state index in [1.165, 1.54) is 24.0 Å². The van der Waals surface area contributed by atoms with E-state index in [1.807, 2.05) is 24.3 Å². The molecule has 0 aliphatic heterocycles. The third-order valence-electron chi connectivity index (χ3n) is 3.61. The largest absolute Gasteiger partial charge is 0.489 e. The minimum atomic E-state index is 0.407. The van der Waals surface area contributed by atoms with Gasteiger partial charge in [0.05, 0.1) is 0 Å². The van der Waals surface area contributed by atoms with Crippen LogP contribution in [0.1, 0.15) is 23.1 Å². The van der Waals surface area contributed by atoms with Crippen molar-refractivity contribution in [3.8, 4) is 5.75 Å². The van der Waals surface area contributed by atoms with Gasteiger partial charge in [0.25, 0.3) is 0 Å². The highest BCUT2D eigenvalue weighted by molar-refractivity contribution is 6.31. The molecule has 0 saturated carbocycles. The van der Waals surface area contributed by atoms with Gasteiger partial charge in [-0.3, -0.25) is 0 Å². The van der Waals surface area contributed by atoms with E-state index in [4.69, 9.17) is 22.1 Å². The number of anilines is 1. The minimum Gasteiger partial charge on any atom is -0.489 e. The van der Waals surface area contributed by atoms with Crippen molar-refractivity contribution >= 4 is 17.3 Å². The lowest BCUT2D eigenvalue weighted by Gasteiger charge is -2.11. The van der Waals surface area contributed by atoms with Gasteiger partial charge in [-0.05, 0) is 54.7 Å². The summed E-state index contributed by atoms with van der Waals surface area (Å²) in [6.45, 7) is 0.407. The number of hydrogen-bond acceptors (Lipinski definition) is 2. The topological polar surface area (TPSA) is 35.2 Å². The lowest BCUT2D eigenvalue weighted by Crippen LogP contribution is -2.01. The average molecular weight is 274 g/mol. The summed E-state index contributed by atoms with van der Waals surface area (Å²) >= 11 is 6.13. The maximum absolute atomic E-state index is 6.13. The zero-order valence-electron chi connectivity index (χ0n) is 10.7. The molecule has 2 nitrogen and oxygen atoms in total. The van der Waals surface area contributed by atoms with Crippen molar-refractivity contribution in [1.29, 1.82) is 0 Å². The number of rotatable bonds is 3. The van der Waals surface area contributed by atoms with E-state index in [0.717, 1.165) is 17.7 Å². The van der Waals surface area contributed by atoms with Gasteiger partial charge in [0.15, 0.2) is 0 Å². The summed E-state index contributed by atoms with van der Waals surface area (Å²) in [5.74, 6) is 0.889. The van der Waals surface area contributed by atoms with Crippen LogP contribution in [-0.2, 0) is 19.4 Å². The highest BCUT2D eigenvalue weighted by Crippen LogP contribution is 2.28. The summed E-state index contributed by atoms with van der Waals surface area (Å²) in [4.78, 5) is 0. The number of ether oxygens (including phenoxy) is 1. The number of hydrogen-bond donors (Lipinski definition) is 1. The van der Waals surface area contributed by atoms with E-state index < -0.39 is 0 Å². The van der Waals surface area contributed by atoms with Crippen molar-refractivity contribution in [2.75, 3.05) is 5.73 Å². The van der Waals surface area contributed by atoms with Crippen molar-refractivity contribution in [2.45, 2.75) is 25.9 Å². The number of halogens is 1. The van der Waals surface area contributed by atoms with Crippen molar-refractivity contribution in [2.24, 2.45) is 0 Å². The second-order valence-corrected chi connectivity index (χ2v) is 5.29. The smallest absolute Gasteiger partial charge is 0.120 e. The minimum absolute atomic E-state index is 0.407. The summed E-state index contributed by atoms with van der Waals surface area (Å²) in [6, 6.07) is 11.8. The fourth-order valence-corrected chi connectivity index (χ4v) is 2.76. The van der Waals surface area contributed by atoms with Gasteiger partial charge in [-0.2, -0.15) is 0 Å². The Balaban J connectivity index is 1.76. The second kappa shape index (κ2) is 5.14. The number of aryl methyl sites for hydroxylation is 2. The van der Waals surface area contributed by atoms with Crippen molar-refractivity contribution in [1.82, 2.24) is 0 Å². The van der Waals surface area contributed by atoms with Crippen LogP contribution in [0.15, 0.2) is 36.4 Å². The fourth-order valence-electron chi connectivity index (χ4n) is 2.52. The molecule has 1 aliphatic carbocycles. The molecule has 0 saturated heterocycles. The van der Waals surface area contributed by atoms with Crippen molar-refractivity contribution in [3.05, 3.63) is 58.1 Å². The monoisotopic (exact) mass is 273 g/mol. The van der Waals surface area contributed by atoms with Crippen LogP contribution >= 0.6 is 11.6 Å². The zero-order valence-corrected chi connectivity index (χ0v) is 11.4. The van der Waals surface area contributed by atoms with Crippen LogP contribution < -0.4 is 10.5 Å². The molecule has 0 radical (unpaired) electrons. The molecule has 0 fully saturated rings. The molecule has 0 heterocycles. The molecular formula is C16H16ClNO. The number of nitrogen functional groups attached to an aromatic ring is 1. The first kappa shape index (κ1) is 12.4. The summed E-state index contributed by atoms with van der Waals surface area (Å²) < 4.78 is 5.81. The van der Waals surface area contributed by atoms with Gasteiger partial charge in [-0.25, -0.2) is 0 Å². The number of fused-ring (bicyclic) bond motifs is 1. The molecule has 2 aromatic rings. The maximum Gasteiger partial charge on any atom is 0.120 e. The Morgan fingerprint density at radius 2 is 1.95 bits per heavy atom. The zero-order chi connectivity index (χ0) is 13.2. The van der Waals surface area contributed by atoms with E-state index >= 15 is 0 Å². The van der Waals surface area contributed by atoms with Crippen LogP contribution in [0.3, 0.4) is 0 Å². The Labute approximate surface area is 118 Å². The third-order valence-corrected chi connectivity index (χ3v) is 3.96. The molecular weight excluding hydrogens is 258 g/mol. The standard InChI is InChI=1S/C16H16ClNO/c17-15-5-2-6-16(18)14(15)10-19-13-8-7-11-3-1-4-12(11)9-13/h2,5-9H,1,3-4,10,18H2. The van der Waals surface area contributed by atoms with Gasteiger partial charge in [0, 0.05) is 16.3 Å². The lowest BCUT2D eigenvalue weighted by molar-refractivity contribution is 0.306. The number of nitrogens with two attached hydrogens (primary N) is 1. The van der Waals surface area contributed by atoms with E-state index in [-0.39, 0.29) is 0 Å². The van der Waals surface area contributed by atoms with E-state index in [9.17, 15) is 0 Å². The third kappa shape index (κ3) is 2.54. The van der Waals surface area contributed by atoms with Gasteiger partial charge >= 0.3 is 0 Å². The number of benzene rings is 2. The highest BCUT2D eigenvalue weighted by atomic mass is 35.5. The summed E-state index contributed by atoms with van der Waals surface area (Å²) in [5.41, 5.74) is 10.3. The Kier molecular flexibility index (Phi) is 3.34. The molecule has 0 unspecified atom stereocenters. The van der Waals surface area contributed by atoms with E-state index in [2.05, 4.69) is 12.1 Å². The molecule has 0 spiro atoms. The van der Waals surface area contributed by atoms with Crippen LogP contribution in [0.5, 0.6) is 5.75 Å². The normalized spacial score (nSPS) is 13.3. The first-order chi connectivity index (χ1) is 9.24. The van der Waals surface area contributed by atoms with Gasteiger partial charge in [0.1, 0.15) is 12.4 Å². The first-order valence-corrected chi connectivity index (χ1v) is 6.89. The fraction of sp³-hybridized carbons (Fsp3) is 0.250. The average Bonchev–Trinajstić information content (AvgIpc) is 2.85. The molecule has 3 rings (SSSR count). The molecule has 2 aromatic carbocycles. The summed E-state index contributed by atoms with van der Waals surface area (Å²) in [7, 11) is 0. The SMILES string of the molecule is Nc1cccc(Cl)c1COc1ccc2c(c1)CCC2. The molecule has 0 bridgehead atoms. The molecule has 0 amide bonds. The van der Waals surface area contributed by atoms with Crippen LogP contribution in [-0.4, -0.2) is 0 Å². The van der Waals surface area contributed by atoms with Crippen LogP contribution in [0.4, 0.5) is 5.69 Å². The van der Waals surface area contributed by atoms with Crippen molar-refractivity contribution < 1.29 is 4.74 Å². The predicted octanol–water partition coefficient (Wildman–Crippen LogP) is 3.99. The quantitative estimate of drug-likeness (QED) is 0.858. The lowest BCUT2D eigenvalue weighted by atomic mass is 10.1. The van der Waals surface area contributed by atoms with Gasteiger partial charge in [0.2, 0.25) is 0 Å². The van der Waals surface area contributed by atoms with Gasteiger partial charge in [-0.1, -0.05) is 23.7 Å². The molecule has 0 aromatic heterocycles. The molecule has 2 N–H and O–H groups in total. The summed E-state index contributed by atoms with van der Waals surface area (Å²) in [5, 5.41) is 0.654. The van der Waals surface area contributed by atoms with Gasteiger partial charge in [-0.15, -0.1) is 0 Å². The summed E-state index contributed by atoms with van der Waals surface area (Å²) in [6.07, 6.45) is 3.59. The predicted molar refractivity (Wildman–Crippen MR) is 78.7 cm³/mol. The highest BCUT2D eigenvalue weighted by Gasteiger charge is 2.12. The van der Waals surface area contributed by atoms with Crippen LogP contribution in [0.2, 0.25) is 5.02 Å². The Morgan fingerprint density at radius 1 is 1.11 bits per heavy atom. The first-order valence-electron chi connectivity index (χ1n) is 6.51. The molecule has 3 heteroatoms. The molecule has 19 heavy (non-hydrogen) atoms. The molecule has 0 atom stereocenters. The Bertz CT molecular complexity index is 589. The molecule has 1 aliphatic rings. The van der Waals surface area contributed by atoms with Crippen molar-refractivity contribution in [3.63, 3.8) is 0 Å². The van der Waals surface area contributed by atoms with E-state index in [1.54, 1.807) is 0 Å². The van der Waals surface area contributed by atoms with Gasteiger partial charge < -0.3 is 10.5 Å². The Morgan fingerprint density at radius 3 is 2.79 bits per heavy atom. The molecule has 98 valence electrons. The van der Waals surface area contributed by atoms with E-state index in [0.29, 0.717) is 17.3 Å². The maximum atomic E-state index is 6.13.